The molecule has 0 unspecified atom stereocenters. The molecule has 2 bridgehead atoms. The first-order valence-electron chi connectivity index (χ1n) is 8.09. The SMILES string of the molecule is CCC(=O)NC12CCC(C(=O)N3CC(C)C3)(CC1)CC2. The monoisotopic (exact) mass is 278 g/mol. The van der Waals surface area contributed by atoms with Crippen molar-refractivity contribution in [2.75, 3.05) is 13.1 Å². The van der Waals surface area contributed by atoms with E-state index in [2.05, 4.69) is 12.2 Å². The summed E-state index contributed by atoms with van der Waals surface area (Å²) in [6.45, 7) is 5.99. The van der Waals surface area contributed by atoms with Crippen LogP contribution in [0.5, 0.6) is 0 Å². The van der Waals surface area contributed by atoms with Gasteiger partial charge in [-0.25, -0.2) is 0 Å². The molecule has 1 heterocycles. The molecule has 1 saturated heterocycles. The van der Waals surface area contributed by atoms with Gasteiger partial charge in [-0.3, -0.25) is 9.59 Å². The highest BCUT2D eigenvalue weighted by Crippen LogP contribution is 2.53. The average Bonchev–Trinajstić information content (AvgIpc) is 2.44. The highest BCUT2D eigenvalue weighted by molar-refractivity contribution is 5.84. The number of carbonyl (C=O) groups is 2. The third-order valence-electron chi connectivity index (χ3n) is 5.78. The Labute approximate surface area is 121 Å². The molecule has 4 fully saturated rings. The Bertz CT molecular complexity index is 402. The van der Waals surface area contributed by atoms with Gasteiger partial charge >= 0.3 is 0 Å². The van der Waals surface area contributed by atoms with Crippen molar-refractivity contribution in [2.45, 2.75) is 64.3 Å². The van der Waals surface area contributed by atoms with Gasteiger partial charge in [-0.15, -0.1) is 0 Å². The fourth-order valence-corrected chi connectivity index (χ4v) is 4.28. The van der Waals surface area contributed by atoms with E-state index in [1.165, 1.54) is 0 Å². The van der Waals surface area contributed by atoms with Crippen molar-refractivity contribution in [3.63, 3.8) is 0 Å². The molecule has 20 heavy (non-hydrogen) atoms. The van der Waals surface area contributed by atoms with Crippen molar-refractivity contribution in [1.82, 2.24) is 10.2 Å². The number of carbonyl (C=O) groups excluding carboxylic acids is 2. The van der Waals surface area contributed by atoms with E-state index in [1.54, 1.807) is 0 Å². The van der Waals surface area contributed by atoms with E-state index in [0.717, 1.165) is 51.6 Å². The summed E-state index contributed by atoms with van der Waals surface area (Å²) in [5.41, 5.74) is -0.101. The Balaban J connectivity index is 1.64. The van der Waals surface area contributed by atoms with Crippen molar-refractivity contribution >= 4 is 11.8 Å². The summed E-state index contributed by atoms with van der Waals surface area (Å²) in [7, 11) is 0. The molecule has 1 N–H and O–H groups in total. The van der Waals surface area contributed by atoms with Crippen LogP contribution in [0, 0.1) is 11.3 Å². The molecule has 4 rings (SSSR count). The zero-order valence-corrected chi connectivity index (χ0v) is 12.7. The predicted octanol–water partition coefficient (Wildman–Crippen LogP) is 2.08. The average molecular weight is 278 g/mol. The molecule has 0 atom stereocenters. The van der Waals surface area contributed by atoms with Crippen LogP contribution in [-0.4, -0.2) is 35.3 Å². The quantitative estimate of drug-likeness (QED) is 0.859. The van der Waals surface area contributed by atoms with E-state index in [-0.39, 0.29) is 16.9 Å². The second-order valence-corrected chi connectivity index (χ2v) is 7.28. The van der Waals surface area contributed by atoms with Gasteiger partial charge in [0.25, 0.3) is 0 Å². The van der Waals surface area contributed by atoms with Gasteiger partial charge in [0.1, 0.15) is 0 Å². The first-order valence-corrected chi connectivity index (χ1v) is 8.09. The molecule has 2 amide bonds. The molecule has 0 aromatic rings. The number of hydrogen-bond acceptors (Lipinski definition) is 2. The third kappa shape index (κ3) is 2.13. The molecule has 1 aliphatic heterocycles. The molecule has 4 nitrogen and oxygen atoms in total. The van der Waals surface area contributed by atoms with E-state index in [4.69, 9.17) is 0 Å². The van der Waals surface area contributed by atoms with Crippen molar-refractivity contribution in [3.8, 4) is 0 Å². The summed E-state index contributed by atoms with van der Waals surface area (Å²) in [4.78, 5) is 26.5. The molecule has 0 radical (unpaired) electrons. The van der Waals surface area contributed by atoms with Crippen LogP contribution in [0.4, 0.5) is 0 Å². The van der Waals surface area contributed by atoms with Gasteiger partial charge in [-0.1, -0.05) is 13.8 Å². The number of rotatable bonds is 3. The number of fused-ring (bicyclic) bond motifs is 3. The Morgan fingerprint density at radius 3 is 2.10 bits per heavy atom. The van der Waals surface area contributed by atoms with Gasteiger partial charge < -0.3 is 10.2 Å². The Morgan fingerprint density at radius 2 is 1.65 bits per heavy atom. The molecular formula is C16H26N2O2. The van der Waals surface area contributed by atoms with Gasteiger partial charge in [0, 0.05) is 30.5 Å². The van der Waals surface area contributed by atoms with Crippen LogP contribution in [0.2, 0.25) is 0 Å². The molecule has 0 aromatic carbocycles. The summed E-state index contributed by atoms with van der Waals surface area (Å²) in [6, 6.07) is 0. The molecule has 4 heteroatoms. The highest BCUT2D eigenvalue weighted by atomic mass is 16.2. The number of nitrogens with one attached hydrogen (secondary N) is 1. The summed E-state index contributed by atoms with van der Waals surface area (Å²) < 4.78 is 0. The number of nitrogens with zero attached hydrogens (tertiary/aromatic N) is 1. The van der Waals surface area contributed by atoms with E-state index in [0.29, 0.717) is 18.2 Å². The van der Waals surface area contributed by atoms with Gasteiger partial charge in [0.05, 0.1) is 0 Å². The second-order valence-electron chi connectivity index (χ2n) is 7.28. The molecule has 3 aliphatic carbocycles. The van der Waals surface area contributed by atoms with Crippen LogP contribution in [0.25, 0.3) is 0 Å². The maximum atomic E-state index is 12.7. The van der Waals surface area contributed by atoms with E-state index in [9.17, 15) is 9.59 Å². The second kappa shape index (κ2) is 4.74. The first kappa shape index (κ1) is 13.9. The smallest absolute Gasteiger partial charge is 0.228 e. The molecule has 0 aromatic heterocycles. The Morgan fingerprint density at radius 1 is 1.10 bits per heavy atom. The van der Waals surface area contributed by atoms with E-state index >= 15 is 0 Å². The molecule has 0 spiro atoms. The van der Waals surface area contributed by atoms with Crippen LogP contribution in [0.15, 0.2) is 0 Å². The largest absolute Gasteiger partial charge is 0.351 e. The lowest BCUT2D eigenvalue weighted by Crippen LogP contribution is -2.62. The minimum absolute atomic E-state index is 0.00262. The molecular weight excluding hydrogens is 252 g/mol. The lowest BCUT2D eigenvalue weighted by Gasteiger charge is -2.55. The fourth-order valence-electron chi connectivity index (χ4n) is 4.28. The normalized spacial score (nSPS) is 36.6. The van der Waals surface area contributed by atoms with Crippen LogP contribution in [0.1, 0.15) is 58.8 Å². The van der Waals surface area contributed by atoms with E-state index < -0.39 is 0 Å². The van der Waals surface area contributed by atoms with Crippen LogP contribution < -0.4 is 5.32 Å². The summed E-state index contributed by atoms with van der Waals surface area (Å²) in [5.74, 6) is 1.22. The van der Waals surface area contributed by atoms with Gasteiger partial charge in [-0.2, -0.15) is 0 Å². The molecule has 3 saturated carbocycles. The standard InChI is InChI=1S/C16H26N2O2/c1-3-13(19)17-16-7-4-15(5-8-16,6-9-16)14(20)18-10-12(2)11-18/h12H,3-11H2,1-2H3,(H,17,19). The zero-order chi connectivity index (χ0) is 14.4. The highest BCUT2D eigenvalue weighted by Gasteiger charge is 2.54. The number of amides is 2. The lowest BCUT2D eigenvalue weighted by molar-refractivity contribution is -0.156. The number of hydrogen-bond donors (Lipinski definition) is 1. The summed E-state index contributed by atoms with van der Waals surface area (Å²) in [6.07, 6.45) is 6.37. The fraction of sp³-hybridized carbons (Fsp3) is 0.875. The topological polar surface area (TPSA) is 49.4 Å². The van der Waals surface area contributed by atoms with Crippen molar-refractivity contribution in [1.29, 1.82) is 0 Å². The van der Waals surface area contributed by atoms with Gasteiger partial charge in [0.15, 0.2) is 0 Å². The number of likely N-dealkylation sites (tertiary alicyclic amines) is 1. The molecule has 4 aliphatic rings. The minimum atomic E-state index is -0.0984. The third-order valence-corrected chi connectivity index (χ3v) is 5.78. The van der Waals surface area contributed by atoms with Crippen LogP contribution in [-0.2, 0) is 9.59 Å². The first-order chi connectivity index (χ1) is 9.49. The van der Waals surface area contributed by atoms with Crippen molar-refractivity contribution < 1.29 is 9.59 Å². The predicted molar refractivity (Wildman–Crippen MR) is 77.0 cm³/mol. The maximum Gasteiger partial charge on any atom is 0.228 e. The minimum Gasteiger partial charge on any atom is -0.351 e. The molecule has 112 valence electrons. The van der Waals surface area contributed by atoms with Gasteiger partial charge in [-0.05, 0) is 44.4 Å². The van der Waals surface area contributed by atoms with Crippen molar-refractivity contribution in [3.05, 3.63) is 0 Å². The maximum absolute atomic E-state index is 12.7. The van der Waals surface area contributed by atoms with Crippen molar-refractivity contribution in [2.24, 2.45) is 11.3 Å². The summed E-state index contributed by atoms with van der Waals surface area (Å²) in [5, 5.41) is 3.23. The zero-order valence-electron chi connectivity index (χ0n) is 12.7. The van der Waals surface area contributed by atoms with Crippen LogP contribution >= 0.6 is 0 Å². The lowest BCUT2D eigenvalue weighted by atomic mass is 9.56. The van der Waals surface area contributed by atoms with E-state index in [1.807, 2.05) is 11.8 Å². The van der Waals surface area contributed by atoms with Crippen LogP contribution in [0.3, 0.4) is 0 Å². The Hall–Kier alpha value is -1.06. The summed E-state index contributed by atoms with van der Waals surface area (Å²) >= 11 is 0. The Kier molecular flexibility index (Phi) is 3.30. The van der Waals surface area contributed by atoms with Gasteiger partial charge in [0.2, 0.25) is 11.8 Å².